The number of sulfonamides is 1. The molecule has 0 aliphatic rings. The molecule has 0 aliphatic carbocycles. The van der Waals surface area contributed by atoms with Crippen molar-refractivity contribution >= 4 is 21.6 Å². The summed E-state index contributed by atoms with van der Waals surface area (Å²) in [6.07, 6.45) is 1.50. The van der Waals surface area contributed by atoms with Crippen LogP contribution in [0.2, 0.25) is 5.15 Å². The number of hydrogen-bond donors (Lipinski definition) is 2. The summed E-state index contributed by atoms with van der Waals surface area (Å²) in [5, 5.41) is 9.45. The molecule has 0 saturated carbocycles. The zero-order valence-electron chi connectivity index (χ0n) is 12.0. The van der Waals surface area contributed by atoms with Gasteiger partial charge in [0, 0.05) is 18.8 Å². The van der Waals surface area contributed by atoms with Crippen molar-refractivity contribution in [2.45, 2.75) is 24.3 Å². The second kappa shape index (κ2) is 7.19. The predicted octanol–water partition coefficient (Wildman–Crippen LogP) is 2.45. The third kappa shape index (κ3) is 4.04. The van der Waals surface area contributed by atoms with Crippen molar-refractivity contribution in [1.29, 1.82) is 0 Å². The van der Waals surface area contributed by atoms with Crippen LogP contribution in [-0.4, -0.2) is 25.1 Å². The monoisotopic (exact) mass is 340 g/mol. The van der Waals surface area contributed by atoms with Crippen LogP contribution in [-0.2, 0) is 10.0 Å². The van der Waals surface area contributed by atoms with Crippen molar-refractivity contribution in [1.82, 2.24) is 9.71 Å². The van der Waals surface area contributed by atoms with Crippen LogP contribution in [0.3, 0.4) is 0 Å². The van der Waals surface area contributed by atoms with Gasteiger partial charge in [0.2, 0.25) is 10.0 Å². The van der Waals surface area contributed by atoms with Gasteiger partial charge in [0.25, 0.3) is 0 Å². The summed E-state index contributed by atoms with van der Waals surface area (Å²) < 4.78 is 27.6. The highest BCUT2D eigenvalue weighted by atomic mass is 35.5. The Balaban J connectivity index is 2.30. The molecule has 2 aromatic rings. The Kier molecular flexibility index (Phi) is 5.52. The van der Waals surface area contributed by atoms with Gasteiger partial charge in [-0.3, -0.25) is 0 Å². The van der Waals surface area contributed by atoms with Gasteiger partial charge in [0.1, 0.15) is 10.0 Å². The standard InChI is InChI=1S/C15H17ClN2O3S/c1-11-9-13(10-17-15(11)16)22(20,21)18-14(7-8-19)12-5-3-2-4-6-12/h2-6,9-10,14,18-19H,7-8H2,1H3/t14-/m1/s1. The Labute approximate surface area is 135 Å². The summed E-state index contributed by atoms with van der Waals surface area (Å²) in [7, 11) is -3.75. The van der Waals surface area contributed by atoms with E-state index in [0.717, 1.165) is 5.56 Å². The van der Waals surface area contributed by atoms with Crippen molar-refractivity contribution in [2.75, 3.05) is 6.61 Å². The van der Waals surface area contributed by atoms with Crippen molar-refractivity contribution in [3.8, 4) is 0 Å². The molecule has 1 heterocycles. The maximum absolute atomic E-state index is 12.5. The van der Waals surface area contributed by atoms with Crippen LogP contribution in [0.1, 0.15) is 23.6 Å². The van der Waals surface area contributed by atoms with Gasteiger partial charge >= 0.3 is 0 Å². The summed E-state index contributed by atoms with van der Waals surface area (Å²) in [5.41, 5.74) is 1.38. The van der Waals surface area contributed by atoms with Crippen molar-refractivity contribution in [3.63, 3.8) is 0 Å². The summed E-state index contributed by atoms with van der Waals surface area (Å²) >= 11 is 5.82. The average molecular weight is 341 g/mol. The van der Waals surface area contributed by atoms with Gasteiger partial charge in [0.05, 0.1) is 0 Å². The van der Waals surface area contributed by atoms with E-state index in [1.54, 1.807) is 6.92 Å². The average Bonchev–Trinajstić information content (AvgIpc) is 2.50. The van der Waals surface area contributed by atoms with Gasteiger partial charge in [-0.2, -0.15) is 0 Å². The van der Waals surface area contributed by atoms with Crippen LogP contribution >= 0.6 is 11.6 Å². The highest BCUT2D eigenvalue weighted by molar-refractivity contribution is 7.89. The number of aromatic nitrogens is 1. The lowest BCUT2D eigenvalue weighted by Crippen LogP contribution is -2.29. The first-order valence-electron chi connectivity index (χ1n) is 6.74. The normalized spacial score (nSPS) is 13.0. The molecule has 0 amide bonds. The van der Waals surface area contributed by atoms with Crippen molar-refractivity contribution in [2.24, 2.45) is 0 Å². The third-order valence-corrected chi connectivity index (χ3v) is 5.05. The topological polar surface area (TPSA) is 79.3 Å². The number of rotatable bonds is 6. The lowest BCUT2D eigenvalue weighted by molar-refractivity contribution is 0.272. The number of aliphatic hydroxyl groups excluding tert-OH is 1. The largest absolute Gasteiger partial charge is 0.396 e. The van der Waals surface area contributed by atoms with Crippen LogP contribution in [0.4, 0.5) is 0 Å². The first-order valence-corrected chi connectivity index (χ1v) is 8.60. The fourth-order valence-electron chi connectivity index (χ4n) is 2.04. The molecule has 2 rings (SSSR count). The van der Waals surface area contributed by atoms with Gasteiger partial charge in [0.15, 0.2) is 0 Å². The number of benzene rings is 1. The lowest BCUT2D eigenvalue weighted by atomic mass is 10.1. The molecule has 1 atom stereocenters. The third-order valence-electron chi connectivity index (χ3n) is 3.22. The maximum atomic E-state index is 12.5. The van der Waals surface area contributed by atoms with E-state index < -0.39 is 16.1 Å². The molecule has 118 valence electrons. The van der Waals surface area contributed by atoms with E-state index in [2.05, 4.69) is 9.71 Å². The van der Waals surface area contributed by atoms with Crippen LogP contribution < -0.4 is 4.72 Å². The number of aryl methyl sites for hydroxylation is 1. The highest BCUT2D eigenvalue weighted by Gasteiger charge is 2.22. The summed E-state index contributed by atoms with van der Waals surface area (Å²) in [4.78, 5) is 3.92. The van der Waals surface area contributed by atoms with E-state index in [1.165, 1.54) is 12.3 Å². The molecule has 0 unspecified atom stereocenters. The molecule has 0 radical (unpaired) electrons. The Bertz CT molecular complexity index is 736. The SMILES string of the molecule is Cc1cc(S(=O)(=O)N[C@H](CCO)c2ccccc2)cnc1Cl. The number of nitrogens with zero attached hydrogens (tertiary/aromatic N) is 1. The van der Waals surface area contributed by atoms with Crippen LogP contribution in [0.25, 0.3) is 0 Å². The van der Waals surface area contributed by atoms with Gasteiger partial charge in [-0.25, -0.2) is 18.1 Å². The second-order valence-electron chi connectivity index (χ2n) is 4.88. The molecule has 22 heavy (non-hydrogen) atoms. The molecular formula is C15H17ClN2O3S. The minimum Gasteiger partial charge on any atom is -0.396 e. The van der Waals surface area contributed by atoms with Gasteiger partial charge < -0.3 is 5.11 Å². The number of aliphatic hydroxyl groups is 1. The number of hydrogen-bond acceptors (Lipinski definition) is 4. The molecule has 0 aliphatic heterocycles. The molecule has 1 aromatic carbocycles. The van der Waals surface area contributed by atoms with Crippen LogP contribution in [0.15, 0.2) is 47.5 Å². The summed E-state index contributed by atoms with van der Waals surface area (Å²) in [5.74, 6) is 0. The fourth-order valence-corrected chi connectivity index (χ4v) is 3.43. The zero-order chi connectivity index (χ0) is 16.2. The fraction of sp³-hybridized carbons (Fsp3) is 0.267. The van der Waals surface area contributed by atoms with Crippen molar-refractivity contribution in [3.05, 3.63) is 58.9 Å². The minimum atomic E-state index is -3.75. The summed E-state index contributed by atoms with van der Waals surface area (Å²) in [6, 6.07) is 10.1. The number of halogens is 1. The zero-order valence-corrected chi connectivity index (χ0v) is 13.6. The molecule has 0 fully saturated rings. The summed E-state index contributed by atoms with van der Waals surface area (Å²) in [6.45, 7) is 1.57. The minimum absolute atomic E-state index is 0.0493. The first kappa shape index (κ1) is 16.9. The van der Waals surface area contributed by atoms with Gasteiger partial charge in [-0.05, 0) is 30.5 Å². The molecule has 0 saturated heterocycles. The Morgan fingerprint density at radius 2 is 2.00 bits per heavy atom. The Morgan fingerprint density at radius 3 is 2.59 bits per heavy atom. The molecule has 7 heteroatoms. The molecule has 5 nitrogen and oxygen atoms in total. The predicted molar refractivity (Wildman–Crippen MR) is 85.2 cm³/mol. The smallest absolute Gasteiger partial charge is 0.242 e. The number of nitrogens with one attached hydrogen (secondary N) is 1. The molecular weight excluding hydrogens is 324 g/mol. The van der Waals surface area contributed by atoms with E-state index >= 15 is 0 Å². The number of pyridine rings is 1. The van der Waals surface area contributed by atoms with Crippen molar-refractivity contribution < 1.29 is 13.5 Å². The van der Waals surface area contributed by atoms with E-state index in [4.69, 9.17) is 11.6 Å². The van der Waals surface area contributed by atoms with E-state index in [0.29, 0.717) is 5.56 Å². The first-order chi connectivity index (χ1) is 10.4. The maximum Gasteiger partial charge on any atom is 0.242 e. The Morgan fingerprint density at radius 1 is 1.32 bits per heavy atom. The van der Waals surface area contributed by atoms with Gasteiger partial charge in [-0.1, -0.05) is 41.9 Å². The van der Waals surface area contributed by atoms with Crippen LogP contribution in [0.5, 0.6) is 0 Å². The van der Waals surface area contributed by atoms with E-state index in [9.17, 15) is 13.5 Å². The van der Waals surface area contributed by atoms with Crippen LogP contribution in [0, 0.1) is 6.92 Å². The van der Waals surface area contributed by atoms with Gasteiger partial charge in [-0.15, -0.1) is 0 Å². The van der Waals surface area contributed by atoms with E-state index in [-0.39, 0.29) is 23.1 Å². The molecule has 0 bridgehead atoms. The quantitative estimate of drug-likeness (QED) is 0.792. The molecule has 2 N–H and O–H groups in total. The second-order valence-corrected chi connectivity index (χ2v) is 6.95. The molecule has 0 spiro atoms. The highest BCUT2D eigenvalue weighted by Crippen LogP contribution is 2.21. The molecule has 1 aromatic heterocycles. The lowest BCUT2D eigenvalue weighted by Gasteiger charge is -2.18. The Hall–Kier alpha value is -1.47. The van der Waals surface area contributed by atoms with E-state index in [1.807, 2.05) is 30.3 Å².